The van der Waals surface area contributed by atoms with Gasteiger partial charge in [-0.15, -0.1) is 0 Å². The summed E-state index contributed by atoms with van der Waals surface area (Å²) >= 11 is 0. The lowest BCUT2D eigenvalue weighted by Gasteiger charge is -2.23. The Hall–Kier alpha value is -2.48. The second kappa shape index (κ2) is 9.35. The zero-order chi connectivity index (χ0) is 21.8. The number of carbonyl (C=O) groups is 1. The Kier molecular flexibility index (Phi) is 7.35. The van der Waals surface area contributed by atoms with Crippen molar-refractivity contribution in [3.8, 4) is 11.4 Å². The first-order valence-corrected chi connectivity index (χ1v) is 10.6. The van der Waals surface area contributed by atoms with Gasteiger partial charge in [0.25, 0.3) is 5.56 Å². The highest BCUT2D eigenvalue weighted by molar-refractivity contribution is 7.53. The third-order valence-electron chi connectivity index (χ3n) is 3.49. The highest BCUT2D eigenvalue weighted by atomic mass is 31.2. The van der Waals surface area contributed by atoms with Gasteiger partial charge in [-0.05, 0) is 58.0 Å². The Morgan fingerprint density at radius 2 is 1.66 bits per heavy atom. The van der Waals surface area contributed by atoms with Gasteiger partial charge in [-0.3, -0.25) is 13.9 Å². The summed E-state index contributed by atoms with van der Waals surface area (Å²) < 4.78 is 43.1. The number of hydrogen-bond donors (Lipinski definition) is 1. The van der Waals surface area contributed by atoms with Crippen LogP contribution in [0.5, 0.6) is 5.75 Å². The molecule has 0 bridgehead atoms. The Bertz CT molecular complexity index is 956. The number of hydrogen-bond acceptors (Lipinski definition) is 6. The fourth-order valence-electron chi connectivity index (χ4n) is 2.52. The van der Waals surface area contributed by atoms with Crippen LogP contribution in [0.4, 0.5) is 4.39 Å². The number of pyridine rings is 1. The third kappa shape index (κ3) is 6.00. The molecule has 1 heterocycles. The summed E-state index contributed by atoms with van der Waals surface area (Å²) in [7, 11) is -3.70. The standard InChI is InChI=1S/C19H23FNO7P/c1-12(2)27-29(25,28-13(3)4)11-26-16-9-10-21(18(22)17(16)19(23)24)15-7-5-14(20)6-8-15/h5-10,12-13H,11H2,1-4H3,(H,23,24). The van der Waals surface area contributed by atoms with Gasteiger partial charge in [0.05, 0.1) is 12.2 Å². The summed E-state index contributed by atoms with van der Waals surface area (Å²) in [4.78, 5) is 24.3. The largest absolute Gasteiger partial charge is 0.480 e. The average molecular weight is 427 g/mol. The molecule has 0 aliphatic heterocycles. The minimum atomic E-state index is -3.70. The zero-order valence-corrected chi connectivity index (χ0v) is 17.4. The van der Waals surface area contributed by atoms with Crippen LogP contribution in [0.3, 0.4) is 0 Å². The molecule has 0 saturated heterocycles. The zero-order valence-electron chi connectivity index (χ0n) is 16.5. The van der Waals surface area contributed by atoms with Crippen molar-refractivity contribution in [2.45, 2.75) is 39.9 Å². The molecular weight excluding hydrogens is 404 g/mol. The van der Waals surface area contributed by atoms with Gasteiger partial charge in [0, 0.05) is 11.9 Å². The molecule has 2 aromatic rings. The fourth-order valence-corrected chi connectivity index (χ4v) is 4.27. The molecule has 2 rings (SSSR count). The van der Waals surface area contributed by atoms with Crippen molar-refractivity contribution in [3.63, 3.8) is 0 Å². The summed E-state index contributed by atoms with van der Waals surface area (Å²) in [6, 6.07) is 6.22. The Balaban J connectivity index is 2.39. The fraction of sp³-hybridized carbons (Fsp3) is 0.368. The highest BCUT2D eigenvalue weighted by Crippen LogP contribution is 2.50. The molecule has 158 valence electrons. The van der Waals surface area contributed by atoms with Crippen LogP contribution < -0.4 is 10.3 Å². The number of aromatic nitrogens is 1. The Labute approximate surface area is 167 Å². The topological polar surface area (TPSA) is 104 Å². The number of carboxylic acid groups (broad SMARTS) is 1. The normalized spacial score (nSPS) is 11.8. The van der Waals surface area contributed by atoms with E-state index in [-0.39, 0.29) is 11.4 Å². The van der Waals surface area contributed by atoms with Gasteiger partial charge in [-0.2, -0.15) is 0 Å². The van der Waals surface area contributed by atoms with Crippen molar-refractivity contribution in [2.24, 2.45) is 0 Å². The molecule has 0 saturated carbocycles. The van der Waals surface area contributed by atoms with E-state index >= 15 is 0 Å². The summed E-state index contributed by atoms with van der Waals surface area (Å²) in [6.45, 7) is 6.68. The second-order valence-electron chi connectivity index (χ2n) is 6.70. The molecule has 1 aromatic heterocycles. The number of rotatable bonds is 9. The van der Waals surface area contributed by atoms with E-state index in [1.54, 1.807) is 27.7 Å². The number of carboxylic acids is 1. The van der Waals surface area contributed by atoms with Crippen LogP contribution in [0.25, 0.3) is 5.69 Å². The molecule has 0 unspecified atom stereocenters. The van der Waals surface area contributed by atoms with E-state index in [4.69, 9.17) is 13.8 Å². The highest BCUT2D eigenvalue weighted by Gasteiger charge is 2.30. The number of ether oxygens (including phenoxy) is 1. The number of nitrogens with zero attached hydrogens (tertiary/aromatic N) is 1. The SMILES string of the molecule is CC(C)OP(=O)(COc1ccn(-c2ccc(F)cc2)c(=O)c1C(=O)O)OC(C)C. The van der Waals surface area contributed by atoms with Gasteiger partial charge < -0.3 is 18.9 Å². The van der Waals surface area contributed by atoms with Gasteiger partial charge in [0.1, 0.15) is 11.6 Å². The van der Waals surface area contributed by atoms with Crippen LogP contribution in [0.2, 0.25) is 0 Å². The minimum Gasteiger partial charge on any atom is -0.480 e. The lowest BCUT2D eigenvalue weighted by Crippen LogP contribution is -2.26. The summed E-state index contributed by atoms with van der Waals surface area (Å²) in [5, 5.41) is 9.50. The van der Waals surface area contributed by atoms with E-state index < -0.39 is 49.1 Å². The lowest BCUT2D eigenvalue weighted by atomic mass is 10.2. The second-order valence-corrected chi connectivity index (χ2v) is 8.61. The molecule has 0 aliphatic rings. The molecule has 0 aliphatic carbocycles. The minimum absolute atomic E-state index is 0.277. The van der Waals surface area contributed by atoms with Crippen LogP contribution in [0.1, 0.15) is 38.1 Å². The molecule has 29 heavy (non-hydrogen) atoms. The molecule has 0 radical (unpaired) electrons. The van der Waals surface area contributed by atoms with Crippen molar-refractivity contribution >= 4 is 13.6 Å². The third-order valence-corrected chi connectivity index (χ3v) is 5.42. The van der Waals surface area contributed by atoms with E-state index in [9.17, 15) is 23.7 Å². The first-order valence-electron chi connectivity index (χ1n) is 8.86. The molecule has 0 spiro atoms. The predicted molar refractivity (Wildman–Crippen MR) is 104 cm³/mol. The first kappa shape index (κ1) is 22.8. The number of aromatic carboxylic acids is 1. The molecule has 0 amide bonds. The van der Waals surface area contributed by atoms with Crippen LogP contribution in [-0.4, -0.2) is 34.2 Å². The van der Waals surface area contributed by atoms with Crippen molar-refractivity contribution in [1.29, 1.82) is 0 Å². The molecule has 0 atom stereocenters. The molecule has 1 aromatic carbocycles. The smallest absolute Gasteiger partial charge is 0.368 e. The van der Waals surface area contributed by atoms with Crippen molar-refractivity contribution < 1.29 is 32.6 Å². The molecular formula is C19H23FNO7P. The molecule has 0 fully saturated rings. The van der Waals surface area contributed by atoms with Crippen LogP contribution in [-0.2, 0) is 13.6 Å². The van der Waals surface area contributed by atoms with Crippen molar-refractivity contribution in [3.05, 3.63) is 58.3 Å². The van der Waals surface area contributed by atoms with Gasteiger partial charge in [-0.25, -0.2) is 9.18 Å². The van der Waals surface area contributed by atoms with Crippen LogP contribution in [0, 0.1) is 5.82 Å². The summed E-state index contributed by atoms with van der Waals surface area (Å²) in [5.41, 5.74) is -1.26. The van der Waals surface area contributed by atoms with E-state index in [0.717, 1.165) is 16.7 Å². The monoisotopic (exact) mass is 427 g/mol. The molecule has 1 N–H and O–H groups in total. The number of halogens is 1. The summed E-state index contributed by atoms with van der Waals surface area (Å²) in [5.74, 6) is -2.29. The Morgan fingerprint density at radius 1 is 1.10 bits per heavy atom. The predicted octanol–water partition coefficient (Wildman–Crippen LogP) is 4.05. The average Bonchev–Trinajstić information content (AvgIpc) is 2.59. The quantitative estimate of drug-likeness (QED) is 0.602. The van der Waals surface area contributed by atoms with E-state index in [0.29, 0.717) is 0 Å². The van der Waals surface area contributed by atoms with Crippen molar-refractivity contribution in [1.82, 2.24) is 4.57 Å². The van der Waals surface area contributed by atoms with Crippen LogP contribution in [0.15, 0.2) is 41.3 Å². The van der Waals surface area contributed by atoms with Gasteiger partial charge >= 0.3 is 13.6 Å². The van der Waals surface area contributed by atoms with Gasteiger partial charge in [0.15, 0.2) is 11.9 Å². The first-order chi connectivity index (χ1) is 13.5. The van der Waals surface area contributed by atoms with Crippen LogP contribution >= 0.6 is 7.60 Å². The summed E-state index contributed by atoms with van der Waals surface area (Å²) in [6.07, 6.45) is -0.124. The van der Waals surface area contributed by atoms with E-state index in [1.165, 1.54) is 24.4 Å². The van der Waals surface area contributed by atoms with E-state index in [2.05, 4.69) is 0 Å². The lowest BCUT2D eigenvalue weighted by molar-refractivity contribution is 0.0688. The maximum atomic E-state index is 13.1. The van der Waals surface area contributed by atoms with E-state index in [1.807, 2.05) is 0 Å². The van der Waals surface area contributed by atoms with Gasteiger partial charge in [0.2, 0.25) is 0 Å². The maximum absolute atomic E-state index is 13.1. The molecule has 8 nitrogen and oxygen atoms in total. The van der Waals surface area contributed by atoms with Crippen molar-refractivity contribution in [2.75, 3.05) is 6.35 Å². The Morgan fingerprint density at radius 3 is 2.14 bits per heavy atom. The number of benzene rings is 1. The maximum Gasteiger partial charge on any atom is 0.368 e. The molecule has 10 heteroatoms. The van der Waals surface area contributed by atoms with Gasteiger partial charge in [-0.1, -0.05) is 0 Å².